The zero-order valence-electron chi connectivity index (χ0n) is 12.9. The number of nitrogens with one attached hydrogen (secondary N) is 2. The summed E-state index contributed by atoms with van der Waals surface area (Å²) in [5.41, 5.74) is 3.56. The highest BCUT2D eigenvalue weighted by Gasteiger charge is 2.06. The smallest absolute Gasteiger partial charge is 0.224 e. The third-order valence-corrected chi connectivity index (χ3v) is 3.47. The Labute approximate surface area is 134 Å². The molecule has 2 aromatic heterocycles. The third-order valence-electron chi connectivity index (χ3n) is 3.47. The number of rotatable bonds is 5. The summed E-state index contributed by atoms with van der Waals surface area (Å²) in [4.78, 5) is 15.8. The van der Waals surface area contributed by atoms with Gasteiger partial charge in [-0.15, -0.1) is 0 Å². The van der Waals surface area contributed by atoms with Gasteiger partial charge in [-0.3, -0.25) is 14.9 Å². The minimum absolute atomic E-state index is 0.0304. The van der Waals surface area contributed by atoms with Gasteiger partial charge in [-0.25, -0.2) is 0 Å². The molecule has 116 valence electrons. The molecule has 3 aromatic rings. The number of aromatic nitrogens is 3. The summed E-state index contributed by atoms with van der Waals surface area (Å²) in [6, 6.07) is 9.61. The highest BCUT2D eigenvalue weighted by atomic mass is 16.1. The second-order valence-electron chi connectivity index (χ2n) is 5.29. The lowest BCUT2D eigenvalue weighted by Crippen LogP contribution is -2.10. The first-order chi connectivity index (χ1) is 11.3. The fourth-order valence-electron chi connectivity index (χ4n) is 2.34. The zero-order chi connectivity index (χ0) is 16.1. The Bertz CT molecular complexity index is 837. The highest BCUT2D eigenvalue weighted by Crippen LogP contribution is 2.22. The number of carbonyl (C=O) groups excluding carboxylic acids is 1. The summed E-state index contributed by atoms with van der Waals surface area (Å²) in [7, 11) is 0. The predicted molar refractivity (Wildman–Crippen MR) is 92.8 cm³/mol. The van der Waals surface area contributed by atoms with Gasteiger partial charge in [-0.1, -0.05) is 19.1 Å². The van der Waals surface area contributed by atoms with Crippen LogP contribution in [0.3, 0.4) is 0 Å². The van der Waals surface area contributed by atoms with Crippen molar-refractivity contribution in [3.8, 4) is 0 Å². The van der Waals surface area contributed by atoms with Crippen LogP contribution in [0.5, 0.6) is 0 Å². The maximum atomic E-state index is 11.7. The molecule has 0 spiro atoms. The molecule has 3 rings (SSSR count). The van der Waals surface area contributed by atoms with E-state index in [1.165, 1.54) is 0 Å². The molecule has 0 unspecified atom stereocenters. The first-order valence-corrected chi connectivity index (χ1v) is 7.62. The van der Waals surface area contributed by atoms with Crippen LogP contribution in [-0.2, 0) is 4.79 Å². The Kier molecular flexibility index (Phi) is 4.47. The summed E-state index contributed by atoms with van der Waals surface area (Å²) in [5, 5.41) is 11.2. The Morgan fingerprint density at radius 2 is 2.22 bits per heavy atom. The van der Waals surface area contributed by atoms with Crippen LogP contribution >= 0.6 is 0 Å². The molecule has 0 bridgehead atoms. The minimum Gasteiger partial charge on any atom is -0.326 e. The SMILES string of the molecule is CCCC(=O)Nc1ccc2[nH]nc(/C=C/c3cccnc3)c2c1. The van der Waals surface area contributed by atoms with Crippen LogP contribution in [0.2, 0.25) is 0 Å². The fraction of sp³-hybridized carbons (Fsp3) is 0.167. The molecule has 23 heavy (non-hydrogen) atoms. The zero-order valence-corrected chi connectivity index (χ0v) is 12.9. The van der Waals surface area contributed by atoms with Crippen LogP contribution in [0.15, 0.2) is 42.7 Å². The maximum absolute atomic E-state index is 11.7. The summed E-state index contributed by atoms with van der Waals surface area (Å²) in [6.07, 6.45) is 8.79. The van der Waals surface area contributed by atoms with Crippen LogP contribution in [-0.4, -0.2) is 21.1 Å². The largest absolute Gasteiger partial charge is 0.326 e. The molecule has 2 heterocycles. The first-order valence-electron chi connectivity index (χ1n) is 7.62. The van der Waals surface area contributed by atoms with Crippen LogP contribution in [0.1, 0.15) is 31.0 Å². The van der Waals surface area contributed by atoms with E-state index in [0.717, 1.165) is 34.3 Å². The van der Waals surface area contributed by atoms with Gasteiger partial charge in [-0.2, -0.15) is 5.10 Å². The molecule has 0 radical (unpaired) electrons. The maximum Gasteiger partial charge on any atom is 0.224 e. The number of benzene rings is 1. The lowest BCUT2D eigenvalue weighted by Gasteiger charge is -2.04. The van der Waals surface area contributed by atoms with E-state index in [-0.39, 0.29) is 5.91 Å². The number of carbonyl (C=O) groups is 1. The van der Waals surface area contributed by atoms with Crippen molar-refractivity contribution in [2.45, 2.75) is 19.8 Å². The van der Waals surface area contributed by atoms with Crippen LogP contribution in [0.4, 0.5) is 5.69 Å². The third kappa shape index (κ3) is 3.63. The van der Waals surface area contributed by atoms with E-state index in [4.69, 9.17) is 0 Å². The molecule has 1 amide bonds. The first kappa shape index (κ1) is 15.0. The molecule has 0 aliphatic rings. The highest BCUT2D eigenvalue weighted by molar-refractivity contribution is 5.96. The van der Waals surface area contributed by atoms with Gasteiger partial charge in [0.2, 0.25) is 5.91 Å². The number of amides is 1. The van der Waals surface area contributed by atoms with Crippen molar-refractivity contribution >= 4 is 34.6 Å². The number of anilines is 1. The van der Waals surface area contributed by atoms with Crippen molar-refractivity contribution in [1.82, 2.24) is 15.2 Å². The van der Waals surface area contributed by atoms with E-state index < -0.39 is 0 Å². The Hall–Kier alpha value is -2.95. The average Bonchev–Trinajstić information content (AvgIpc) is 2.96. The van der Waals surface area contributed by atoms with Crippen LogP contribution in [0.25, 0.3) is 23.1 Å². The number of hydrogen-bond acceptors (Lipinski definition) is 3. The van der Waals surface area contributed by atoms with Crippen molar-refractivity contribution < 1.29 is 4.79 Å². The monoisotopic (exact) mass is 306 g/mol. The summed E-state index contributed by atoms with van der Waals surface area (Å²) in [5.74, 6) is 0.0304. The van der Waals surface area contributed by atoms with Crippen molar-refractivity contribution in [3.63, 3.8) is 0 Å². The van der Waals surface area contributed by atoms with E-state index in [1.807, 2.05) is 49.4 Å². The van der Waals surface area contributed by atoms with Gasteiger partial charge in [-0.05, 0) is 42.3 Å². The topological polar surface area (TPSA) is 70.7 Å². The molecule has 0 fully saturated rings. The molecule has 5 nitrogen and oxygen atoms in total. The predicted octanol–water partition coefficient (Wildman–Crippen LogP) is 3.87. The Morgan fingerprint density at radius 1 is 1.30 bits per heavy atom. The molecule has 0 saturated carbocycles. The number of pyridine rings is 1. The van der Waals surface area contributed by atoms with E-state index in [1.54, 1.807) is 12.4 Å². The lowest BCUT2D eigenvalue weighted by atomic mass is 10.1. The number of fused-ring (bicyclic) bond motifs is 1. The normalized spacial score (nSPS) is 11.2. The van der Waals surface area contributed by atoms with Gasteiger partial charge >= 0.3 is 0 Å². The van der Waals surface area contributed by atoms with Crippen molar-refractivity contribution in [2.75, 3.05) is 5.32 Å². The fourth-order valence-corrected chi connectivity index (χ4v) is 2.34. The number of H-pyrrole nitrogens is 1. The summed E-state index contributed by atoms with van der Waals surface area (Å²) >= 11 is 0. The summed E-state index contributed by atoms with van der Waals surface area (Å²) in [6.45, 7) is 1.99. The summed E-state index contributed by atoms with van der Waals surface area (Å²) < 4.78 is 0. The van der Waals surface area contributed by atoms with Gasteiger partial charge in [0.25, 0.3) is 0 Å². The van der Waals surface area contributed by atoms with Gasteiger partial charge in [0, 0.05) is 29.9 Å². The van der Waals surface area contributed by atoms with Crippen molar-refractivity contribution in [3.05, 3.63) is 54.0 Å². The molecular formula is C18H18N4O. The molecule has 5 heteroatoms. The standard InChI is InChI=1S/C18H18N4O/c1-2-4-18(23)20-14-7-9-17-15(11-14)16(21-22-17)8-6-13-5-3-10-19-12-13/h3,5-12H,2,4H2,1H3,(H,20,23)(H,21,22)/b8-6+. The van der Waals surface area contributed by atoms with Gasteiger partial charge in [0.15, 0.2) is 0 Å². The van der Waals surface area contributed by atoms with Crippen molar-refractivity contribution in [2.24, 2.45) is 0 Å². The Morgan fingerprint density at radius 3 is 3.00 bits per heavy atom. The van der Waals surface area contributed by atoms with Gasteiger partial charge in [0.1, 0.15) is 0 Å². The van der Waals surface area contributed by atoms with E-state index in [2.05, 4.69) is 20.5 Å². The molecule has 0 aliphatic heterocycles. The quantitative estimate of drug-likeness (QED) is 0.751. The minimum atomic E-state index is 0.0304. The van der Waals surface area contributed by atoms with Crippen molar-refractivity contribution in [1.29, 1.82) is 0 Å². The molecule has 0 atom stereocenters. The number of aromatic amines is 1. The Balaban J connectivity index is 1.86. The second kappa shape index (κ2) is 6.87. The number of hydrogen-bond donors (Lipinski definition) is 2. The van der Waals surface area contributed by atoms with Crippen LogP contribution in [0, 0.1) is 0 Å². The van der Waals surface area contributed by atoms with Crippen LogP contribution < -0.4 is 5.32 Å². The molecule has 0 aliphatic carbocycles. The second-order valence-corrected chi connectivity index (χ2v) is 5.29. The average molecular weight is 306 g/mol. The van der Waals surface area contributed by atoms with E-state index in [0.29, 0.717) is 6.42 Å². The van der Waals surface area contributed by atoms with Gasteiger partial charge < -0.3 is 5.32 Å². The van der Waals surface area contributed by atoms with E-state index in [9.17, 15) is 4.79 Å². The van der Waals surface area contributed by atoms with E-state index >= 15 is 0 Å². The van der Waals surface area contributed by atoms with Gasteiger partial charge in [0.05, 0.1) is 11.2 Å². The number of nitrogens with zero attached hydrogens (tertiary/aromatic N) is 2. The molecular weight excluding hydrogens is 288 g/mol. The molecule has 2 N–H and O–H groups in total. The lowest BCUT2D eigenvalue weighted by molar-refractivity contribution is -0.116. The molecule has 0 saturated heterocycles. The molecule has 1 aromatic carbocycles.